The fourth-order valence-electron chi connectivity index (χ4n) is 1.55. The van der Waals surface area contributed by atoms with Gasteiger partial charge in [-0.25, -0.2) is 9.48 Å². The zero-order chi connectivity index (χ0) is 14.5. The van der Waals surface area contributed by atoms with Crippen molar-refractivity contribution in [1.29, 1.82) is 0 Å². The highest BCUT2D eigenvalue weighted by molar-refractivity contribution is 5.84. The van der Waals surface area contributed by atoms with Crippen LogP contribution in [0.3, 0.4) is 0 Å². The summed E-state index contributed by atoms with van der Waals surface area (Å²) >= 11 is 0. The first-order chi connectivity index (χ1) is 9.56. The Kier molecular flexibility index (Phi) is 3.89. The van der Waals surface area contributed by atoms with E-state index in [-0.39, 0.29) is 11.4 Å². The van der Waals surface area contributed by atoms with Crippen molar-refractivity contribution in [3.05, 3.63) is 46.3 Å². The van der Waals surface area contributed by atoms with E-state index in [1.165, 1.54) is 23.0 Å². The molecule has 0 unspecified atom stereocenters. The van der Waals surface area contributed by atoms with Crippen molar-refractivity contribution in [3.63, 3.8) is 0 Å². The molecule has 20 heavy (non-hydrogen) atoms. The summed E-state index contributed by atoms with van der Waals surface area (Å²) in [4.78, 5) is 20.8. The Morgan fingerprint density at radius 2 is 2.30 bits per heavy atom. The molecule has 9 heteroatoms. The molecule has 0 spiro atoms. The zero-order valence-corrected chi connectivity index (χ0v) is 10.3. The fourth-order valence-corrected chi connectivity index (χ4v) is 1.55. The average Bonchev–Trinajstić information content (AvgIpc) is 2.88. The minimum Gasteiger partial charge on any atom is -0.476 e. The topological polar surface area (TPSA) is 123 Å². The number of nitro benzene ring substituents is 1. The highest BCUT2D eigenvalue weighted by Gasteiger charge is 2.08. The molecule has 0 aliphatic rings. The van der Waals surface area contributed by atoms with Gasteiger partial charge < -0.3 is 10.4 Å². The second-order valence-corrected chi connectivity index (χ2v) is 3.91. The van der Waals surface area contributed by atoms with Crippen LogP contribution in [-0.4, -0.2) is 37.5 Å². The molecule has 2 rings (SSSR count). The Morgan fingerprint density at radius 3 is 2.95 bits per heavy atom. The van der Waals surface area contributed by atoms with Gasteiger partial charge >= 0.3 is 5.97 Å². The van der Waals surface area contributed by atoms with E-state index >= 15 is 0 Å². The van der Waals surface area contributed by atoms with Gasteiger partial charge in [0, 0.05) is 24.4 Å². The van der Waals surface area contributed by atoms with Gasteiger partial charge in [0.2, 0.25) is 0 Å². The first kappa shape index (κ1) is 13.5. The summed E-state index contributed by atoms with van der Waals surface area (Å²) in [6.07, 6.45) is 1.32. The van der Waals surface area contributed by atoms with Crippen LogP contribution < -0.4 is 5.32 Å². The highest BCUT2D eigenvalue weighted by Crippen LogP contribution is 2.16. The van der Waals surface area contributed by atoms with Gasteiger partial charge in [0.05, 0.1) is 17.7 Å². The number of benzene rings is 1. The van der Waals surface area contributed by atoms with Gasteiger partial charge in [-0.05, 0) is 6.07 Å². The van der Waals surface area contributed by atoms with Crippen molar-refractivity contribution in [2.24, 2.45) is 0 Å². The van der Waals surface area contributed by atoms with Crippen LogP contribution in [0.5, 0.6) is 0 Å². The SMILES string of the molecule is O=C(O)c1cn(CCNc2cccc([N+](=O)[O-])c2)nn1. The van der Waals surface area contributed by atoms with Gasteiger partial charge in [0.15, 0.2) is 5.69 Å². The lowest BCUT2D eigenvalue weighted by atomic mass is 10.3. The van der Waals surface area contributed by atoms with Crippen molar-refractivity contribution < 1.29 is 14.8 Å². The largest absolute Gasteiger partial charge is 0.476 e. The molecule has 0 bridgehead atoms. The number of rotatable bonds is 6. The number of aromatic nitrogens is 3. The van der Waals surface area contributed by atoms with E-state index in [9.17, 15) is 14.9 Å². The molecule has 0 saturated carbocycles. The van der Waals surface area contributed by atoms with E-state index < -0.39 is 10.9 Å². The first-order valence-corrected chi connectivity index (χ1v) is 5.68. The van der Waals surface area contributed by atoms with E-state index in [4.69, 9.17) is 5.11 Å². The Labute approximate surface area is 113 Å². The summed E-state index contributed by atoms with van der Waals surface area (Å²) in [5, 5.41) is 29.4. The number of hydrogen-bond donors (Lipinski definition) is 2. The molecule has 1 aromatic carbocycles. The second kappa shape index (κ2) is 5.78. The van der Waals surface area contributed by atoms with Gasteiger partial charge in [-0.1, -0.05) is 11.3 Å². The van der Waals surface area contributed by atoms with Crippen molar-refractivity contribution in [1.82, 2.24) is 15.0 Å². The second-order valence-electron chi connectivity index (χ2n) is 3.91. The maximum Gasteiger partial charge on any atom is 0.358 e. The molecule has 0 radical (unpaired) electrons. The number of aromatic carboxylic acids is 1. The zero-order valence-electron chi connectivity index (χ0n) is 10.3. The van der Waals surface area contributed by atoms with Crippen LogP contribution in [0.4, 0.5) is 11.4 Å². The van der Waals surface area contributed by atoms with Gasteiger partial charge in [-0.2, -0.15) is 0 Å². The van der Waals surface area contributed by atoms with E-state index in [0.29, 0.717) is 18.8 Å². The molecule has 0 fully saturated rings. The van der Waals surface area contributed by atoms with Gasteiger partial charge in [-0.15, -0.1) is 5.10 Å². The van der Waals surface area contributed by atoms with Gasteiger partial charge in [-0.3, -0.25) is 10.1 Å². The molecule has 104 valence electrons. The Bertz CT molecular complexity index is 639. The number of anilines is 1. The molecule has 0 saturated heterocycles. The predicted octanol–water partition coefficient (Wildman–Crippen LogP) is 0.997. The lowest BCUT2D eigenvalue weighted by Gasteiger charge is -2.05. The minimum absolute atomic E-state index is 0.00363. The third kappa shape index (κ3) is 3.28. The van der Waals surface area contributed by atoms with E-state index in [0.717, 1.165) is 0 Å². The molecular weight excluding hydrogens is 266 g/mol. The monoisotopic (exact) mass is 277 g/mol. The standard InChI is InChI=1S/C11H11N5O4/c17-11(18)10-7-15(14-13-10)5-4-12-8-2-1-3-9(6-8)16(19)20/h1-3,6-7,12H,4-5H2,(H,17,18). The number of carbonyl (C=O) groups is 1. The lowest BCUT2D eigenvalue weighted by molar-refractivity contribution is -0.384. The summed E-state index contributed by atoms with van der Waals surface area (Å²) in [5.41, 5.74) is 0.488. The summed E-state index contributed by atoms with van der Waals surface area (Å²) in [7, 11) is 0. The van der Waals surface area contributed by atoms with Crippen molar-refractivity contribution in [2.45, 2.75) is 6.54 Å². The van der Waals surface area contributed by atoms with Crippen LogP contribution >= 0.6 is 0 Å². The number of nitrogens with zero attached hydrogens (tertiary/aromatic N) is 4. The van der Waals surface area contributed by atoms with Gasteiger partial charge in [0.25, 0.3) is 5.69 Å². The third-order valence-electron chi connectivity index (χ3n) is 2.48. The van der Waals surface area contributed by atoms with E-state index in [1.54, 1.807) is 12.1 Å². The lowest BCUT2D eigenvalue weighted by Crippen LogP contribution is -2.11. The van der Waals surface area contributed by atoms with Crippen LogP contribution in [0.15, 0.2) is 30.5 Å². The van der Waals surface area contributed by atoms with Crippen LogP contribution in [0.25, 0.3) is 0 Å². The Hall–Kier alpha value is -2.97. The maximum atomic E-state index is 10.6. The molecule has 0 atom stereocenters. The number of non-ortho nitro benzene ring substituents is 1. The van der Waals surface area contributed by atoms with Crippen LogP contribution in [0, 0.1) is 10.1 Å². The molecule has 0 aliphatic carbocycles. The quantitative estimate of drug-likeness (QED) is 0.596. The minimum atomic E-state index is -1.14. The molecule has 1 aromatic heterocycles. The van der Waals surface area contributed by atoms with E-state index in [2.05, 4.69) is 15.6 Å². The number of carboxylic acids is 1. The Balaban J connectivity index is 1.90. The summed E-state index contributed by atoms with van der Waals surface area (Å²) in [6.45, 7) is 0.826. The van der Waals surface area contributed by atoms with Crippen molar-refractivity contribution >= 4 is 17.3 Å². The molecule has 1 heterocycles. The third-order valence-corrected chi connectivity index (χ3v) is 2.48. The normalized spacial score (nSPS) is 10.2. The number of carboxylic acid groups (broad SMARTS) is 1. The number of nitro groups is 1. The van der Waals surface area contributed by atoms with Crippen LogP contribution in [-0.2, 0) is 6.54 Å². The van der Waals surface area contributed by atoms with Crippen LogP contribution in [0.2, 0.25) is 0 Å². The summed E-state index contributed by atoms with van der Waals surface area (Å²) in [5.74, 6) is -1.14. The molecular formula is C11H11N5O4. The molecule has 0 amide bonds. The molecule has 0 aliphatic heterocycles. The summed E-state index contributed by atoms with van der Waals surface area (Å²) in [6, 6.07) is 6.11. The first-order valence-electron chi connectivity index (χ1n) is 5.68. The summed E-state index contributed by atoms with van der Waals surface area (Å²) < 4.78 is 1.38. The fraction of sp³-hybridized carbons (Fsp3) is 0.182. The average molecular weight is 277 g/mol. The van der Waals surface area contributed by atoms with Crippen LogP contribution in [0.1, 0.15) is 10.5 Å². The van der Waals surface area contributed by atoms with Crippen molar-refractivity contribution in [2.75, 3.05) is 11.9 Å². The van der Waals surface area contributed by atoms with Crippen molar-refractivity contribution in [3.8, 4) is 0 Å². The Morgan fingerprint density at radius 1 is 1.50 bits per heavy atom. The smallest absolute Gasteiger partial charge is 0.358 e. The maximum absolute atomic E-state index is 10.6. The molecule has 2 N–H and O–H groups in total. The van der Waals surface area contributed by atoms with E-state index in [1.807, 2.05) is 0 Å². The number of nitrogens with one attached hydrogen (secondary N) is 1. The predicted molar refractivity (Wildman–Crippen MR) is 68.6 cm³/mol. The highest BCUT2D eigenvalue weighted by atomic mass is 16.6. The number of hydrogen-bond acceptors (Lipinski definition) is 6. The van der Waals surface area contributed by atoms with Gasteiger partial charge in [0.1, 0.15) is 0 Å². The molecule has 9 nitrogen and oxygen atoms in total. The molecule has 2 aromatic rings.